The molecule has 0 aliphatic carbocycles. The first-order valence-electron chi connectivity index (χ1n) is 4.81. The van der Waals surface area contributed by atoms with Crippen LogP contribution in [0.4, 0.5) is 8.78 Å². The molecule has 108 valence electrons. The zero-order valence-electron chi connectivity index (χ0n) is 9.84. The molecule has 2 N–H and O–H groups in total. The molecule has 0 aliphatic heterocycles. The minimum atomic E-state index is -3.67. The fourth-order valence-corrected chi connectivity index (χ4v) is 0.903. The lowest BCUT2D eigenvalue weighted by atomic mass is 10.2. The van der Waals surface area contributed by atoms with Gasteiger partial charge in [-0.3, -0.25) is 4.55 Å². The summed E-state index contributed by atoms with van der Waals surface area (Å²) in [5, 5.41) is 8.34. The highest BCUT2D eigenvalue weighted by Gasteiger charge is 2.17. The summed E-state index contributed by atoms with van der Waals surface area (Å²) in [7, 11) is -3.67. The van der Waals surface area contributed by atoms with E-state index in [2.05, 4.69) is 4.74 Å². The van der Waals surface area contributed by atoms with Gasteiger partial charge in [-0.1, -0.05) is 6.07 Å². The Morgan fingerprint density at radius 2 is 1.74 bits per heavy atom. The Balaban J connectivity index is 0.000000555. The number of esters is 1. The van der Waals surface area contributed by atoms with E-state index in [1.165, 1.54) is 0 Å². The van der Waals surface area contributed by atoms with E-state index in [0.717, 1.165) is 18.2 Å². The molecule has 0 heterocycles. The molecule has 0 aromatic heterocycles. The molecule has 0 saturated carbocycles. The maximum atomic E-state index is 12.9. The minimum Gasteiger partial charge on any atom is -0.459 e. The fourth-order valence-electron chi connectivity index (χ4n) is 0.903. The van der Waals surface area contributed by atoms with Crippen LogP contribution in [0.5, 0.6) is 0 Å². The quantitative estimate of drug-likeness (QED) is 0.626. The van der Waals surface area contributed by atoms with E-state index in [1.54, 1.807) is 0 Å². The number of benzene rings is 1. The van der Waals surface area contributed by atoms with Crippen molar-refractivity contribution in [1.29, 1.82) is 0 Å². The van der Waals surface area contributed by atoms with Crippen LogP contribution < -0.4 is 0 Å². The van der Waals surface area contributed by atoms with Crippen LogP contribution in [0.25, 0.3) is 0 Å². The number of hydrogen-bond donors (Lipinski definition) is 2. The predicted octanol–water partition coefficient (Wildman–Crippen LogP) is 0.618. The van der Waals surface area contributed by atoms with Crippen molar-refractivity contribution in [3.8, 4) is 0 Å². The lowest BCUT2D eigenvalue weighted by Gasteiger charge is -2.04. The van der Waals surface area contributed by atoms with Gasteiger partial charge in [0.25, 0.3) is 10.1 Å². The van der Waals surface area contributed by atoms with Crippen molar-refractivity contribution in [2.24, 2.45) is 0 Å². The van der Waals surface area contributed by atoms with Crippen molar-refractivity contribution in [2.75, 3.05) is 19.5 Å². The van der Waals surface area contributed by atoms with Crippen molar-refractivity contribution in [3.05, 3.63) is 35.4 Å². The highest BCUT2D eigenvalue weighted by molar-refractivity contribution is 7.85. The van der Waals surface area contributed by atoms with E-state index >= 15 is 0 Å². The molecule has 0 saturated heterocycles. The Hall–Kier alpha value is -1.58. The van der Waals surface area contributed by atoms with E-state index < -0.39 is 33.3 Å². The Kier molecular flexibility index (Phi) is 7.12. The summed E-state index contributed by atoms with van der Waals surface area (Å²) in [6.07, 6.45) is 0.715. The summed E-state index contributed by atoms with van der Waals surface area (Å²) in [6.45, 7) is -0.672. The van der Waals surface area contributed by atoms with Gasteiger partial charge in [-0.25, -0.2) is 13.6 Å². The van der Waals surface area contributed by atoms with E-state index in [0.29, 0.717) is 6.26 Å². The number of hydrogen-bond acceptors (Lipinski definition) is 5. The number of rotatable bonds is 3. The van der Waals surface area contributed by atoms with Crippen LogP contribution in [0, 0.1) is 11.6 Å². The van der Waals surface area contributed by atoms with Crippen LogP contribution in [0.3, 0.4) is 0 Å². The number of aliphatic hydroxyl groups excluding tert-OH is 1. The Morgan fingerprint density at radius 3 is 2.11 bits per heavy atom. The van der Waals surface area contributed by atoms with Gasteiger partial charge in [-0.05, 0) is 12.1 Å². The lowest BCUT2D eigenvalue weighted by Crippen LogP contribution is -2.12. The molecule has 0 atom stereocenters. The van der Waals surface area contributed by atoms with Gasteiger partial charge < -0.3 is 9.84 Å². The SMILES string of the molecule is CS(=O)(=O)O.O=C(OCCO)c1c(F)cccc1F. The van der Waals surface area contributed by atoms with Gasteiger partial charge in [-0.2, -0.15) is 8.42 Å². The van der Waals surface area contributed by atoms with Gasteiger partial charge in [0.05, 0.1) is 12.9 Å². The zero-order valence-corrected chi connectivity index (χ0v) is 10.7. The van der Waals surface area contributed by atoms with Gasteiger partial charge in [0.15, 0.2) is 0 Å². The van der Waals surface area contributed by atoms with Gasteiger partial charge in [0.1, 0.15) is 23.8 Å². The van der Waals surface area contributed by atoms with Crippen LogP contribution in [-0.4, -0.2) is 43.5 Å². The van der Waals surface area contributed by atoms with E-state index in [9.17, 15) is 22.0 Å². The number of carbonyl (C=O) groups excluding carboxylic acids is 1. The van der Waals surface area contributed by atoms with Gasteiger partial charge >= 0.3 is 5.97 Å². The monoisotopic (exact) mass is 298 g/mol. The third kappa shape index (κ3) is 8.19. The van der Waals surface area contributed by atoms with Crippen LogP contribution in [0.1, 0.15) is 10.4 Å². The van der Waals surface area contributed by atoms with E-state index in [4.69, 9.17) is 9.66 Å². The van der Waals surface area contributed by atoms with Gasteiger partial charge in [0.2, 0.25) is 0 Å². The number of halogens is 2. The fraction of sp³-hybridized carbons (Fsp3) is 0.300. The summed E-state index contributed by atoms with van der Waals surface area (Å²) in [5.41, 5.74) is -0.735. The molecule has 0 radical (unpaired) electrons. The molecule has 9 heteroatoms. The molecule has 0 fully saturated rings. The zero-order chi connectivity index (χ0) is 15.1. The highest BCUT2D eigenvalue weighted by atomic mass is 32.2. The smallest absolute Gasteiger partial charge is 0.344 e. The molecule has 6 nitrogen and oxygen atoms in total. The first-order valence-corrected chi connectivity index (χ1v) is 6.66. The average molecular weight is 298 g/mol. The third-order valence-electron chi connectivity index (χ3n) is 1.49. The highest BCUT2D eigenvalue weighted by Crippen LogP contribution is 2.12. The largest absolute Gasteiger partial charge is 0.459 e. The standard InChI is InChI=1S/C9H8F2O3.CH4O3S/c10-6-2-1-3-7(11)8(6)9(13)14-5-4-12;1-5(2,3)4/h1-3,12H,4-5H2;1H3,(H,2,3,4). The molecule has 1 rings (SSSR count). The van der Waals surface area contributed by atoms with Gasteiger partial charge in [-0.15, -0.1) is 0 Å². The van der Waals surface area contributed by atoms with Crippen molar-refractivity contribution >= 4 is 16.1 Å². The second-order valence-electron chi connectivity index (χ2n) is 3.19. The maximum Gasteiger partial charge on any atom is 0.344 e. The molecule has 19 heavy (non-hydrogen) atoms. The normalized spacial score (nSPS) is 10.4. The Bertz CT molecular complexity index is 501. The maximum absolute atomic E-state index is 12.9. The van der Waals surface area contributed by atoms with E-state index in [1.807, 2.05) is 0 Å². The Labute approximate surface area is 108 Å². The number of ether oxygens (including phenoxy) is 1. The second kappa shape index (κ2) is 7.77. The third-order valence-corrected chi connectivity index (χ3v) is 1.49. The van der Waals surface area contributed by atoms with E-state index in [-0.39, 0.29) is 13.2 Å². The van der Waals surface area contributed by atoms with Crippen molar-refractivity contribution in [1.82, 2.24) is 0 Å². The molecule has 0 amide bonds. The van der Waals surface area contributed by atoms with Crippen LogP contribution in [-0.2, 0) is 14.9 Å². The van der Waals surface area contributed by atoms with Crippen LogP contribution in [0.15, 0.2) is 18.2 Å². The van der Waals surface area contributed by atoms with Gasteiger partial charge in [0, 0.05) is 0 Å². The summed E-state index contributed by atoms with van der Waals surface area (Å²) in [4.78, 5) is 11.0. The molecular weight excluding hydrogens is 286 g/mol. The molecule has 1 aromatic carbocycles. The molecule has 0 spiro atoms. The van der Waals surface area contributed by atoms with Crippen molar-refractivity contribution < 1.29 is 36.4 Å². The van der Waals surface area contributed by atoms with Crippen molar-refractivity contribution in [2.45, 2.75) is 0 Å². The summed E-state index contributed by atoms with van der Waals surface area (Å²) < 4.78 is 56.1. The first kappa shape index (κ1) is 17.4. The predicted molar refractivity (Wildman–Crippen MR) is 61.2 cm³/mol. The lowest BCUT2D eigenvalue weighted by molar-refractivity contribution is 0.0423. The molecule has 1 aromatic rings. The average Bonchev–Trinajstić information content (AvgIpc) is 2.23. The summed E-state index contributed by atoms with van der Waals surface area (Å²) in [5.74, 6) is -3.07. The summed E-state index contributed by atoms with van der Waals surface area (Å²) >= 11 is 0. The van der Waals surface area contributed by atoms with Crippen molar-refractivity contribution in [3.63, 3.8) is 0 Å². The molecular formula is C10H12F2O6S. The molecule has 0 aliphatic rings. The molecule has 0 unspecified atom stereocenters. The number of carbonyl (C=O) groups is 1. The Morgan fingerprint density at radius 1 is 1.32 bits per heavy atom. The minimum absolute atomic E-state index is 0.285. The first-order chi connectivity index (χ1) is 8.66. The summed E-state index contributed by atoms with van der Waals surface area (Å²) in [6, 6.07) is 3.06. The number of aliphatic hydroxyl groups is 1. The molecule has 0 bridgehead atoms. The van der Waals surface area contributed by atoms with Crippen LogP contribution in [0.2, 0.25) is 0 Å². The second-order valence-corrected chi connectivity index (χ2v) is 4.66. The van der Waals surface area contributed by atoms with Crippen LogP contribution >= 0.6 is 0 Å². The topological polar surface area (TPSA) is 101 Å².